The normalized spacial score (nSPS) is 26.7. The molecular weight excluding hydrogens is 434 g/mol. The molecule has 9 heteroatoms. The monoisotopic (exact) mass is 459 g/mol. The number of nitriles is 1. The molecule has 3 aromatic heterocycles. The second-order valence-electron chi connectivity index (χ2n) is 10.0. The van der Waals surface area contributed by atoms with E-state index in [1.54, 1.807) is 30.5 Å². The molecule has 8 nitrogen and oxygen atoms in total. The minimum Gasteiger partial charge on any atom is -0.441 e. The van der Waals surface area contributed by atoms with Crippen LogP contribution in [0.4, 0.5) is 5.13 Å². The van der Waals surface area contributed by atoms with E-state index in [0.29, 0.717) is 34.4 Å². The van der Waals surface area contributed by atoms with E-state index in [1.807, 2.05) is 6.07 Å². The van der Waals surface area contributed by atoms with Crippen molar-refractivity contribution in [1.29, 1.82) is 5.26 Å². The Balaban J connectivity index is 1.39. The number of oxazole rings is 1. The molecule has 0 amide bonds. The number of rotatable bonds is 3. The summed E-state index contributed by atoms with van der Waals surface area (Å²) >= 11 is 1.60. The number of thiazole rings is 1. The fourth-order valence-electron chi connectivity index (χ4n) is 6.10. The average molecular weight is 460 g/mol. The van der Waals surface area contributed by atoms with Crippen molar-refractivity contribution in [3.63, 3.8) is 0 Å². The number of anilines is 1. The number of aryl methyl sites for hydroxylation is 1. The second-order valence-corrected chi connectivity index (χ2v) is 11.0. The molecule has 0 spiro atoms. The zero-order chi connectivity index (χ0) is 23.0. The van der Waals surface area contributed by atoms with Crippen molar-refractivity contribution in [3.8, 4) is 17.5 Å². The van der Waals surface area contributed by atoms with Crippen LogP contribution in [0.25, 0.3) is 32.8 Å². The molecule has 2 fully saturated rings. The third kappa shape index (κ3) is 3.05. The summed E-state index contributed by atoms with van der Waals surface area (Å²) in [6.07, 6.45) is 4.23. The first-order valence-electron chi connectivity index (χ1n) is 11.2. The highest BCUT2D eigenvalue weighted by atomic mass is 32.1. The highest BCUT2D eigenvalue weighted by Gasteiger charge is 2.56. The summed E-state index contributed by atoms with van der Waals surface area (Å²) in [6, 6.07) is 6.25. The molecule has 1 N–H and O–H groups in total. The summed E-state index contributed by atoms with van der Waals surface area (Å²) in [4.78, 5) is 21.8. The molecular formula is C24H25N7OS. The molecule has 1 saturated heterocycles. The second kappa shape index (κ2) is 6.95. The van der Waals surface area contributed by atoms with E-state index in [2.05, 4.69) is 47.1 Å². The quantitative estimate of drug-likeness (QED) is 0.484. The van der Waals surface area contributed by atoms with Gasteiger partial charge in [0, 0.05) is 49.5 Å². The summed E-state index contributed by atoms with van der Waals surface area (Å²) in [5.74, 6) is 1.08. The van der Waals surface area contributed by atoms with Crippen molar-refractivity contribution in [1.82, 2.24) is 25.3 Å². The SMILES string of the molecule is Cc1nc2c(C#N)cc(-c3ncc4nc(N(C)[C@H]5C6(C)CC[C@@]5(C)CNC6)sc4n3)cc2o1. The van der Waals surface area contributed by atoms with Gasteiger partial charge < -0.3 is 14.6 Å². The Morgan fingerprint density at radius 1 is 1.18 bits per heavy atom. The van der Waals surface area contributed by atoms with E-state index < -0.39 is 0 Å². The van der Waals surface area contributed by atoms with Crippen LogP contribution in [0.5, 0.6) is 0 Å². The van der Waals surface area contributed by atoms with Gasteiger partial charge in [0.25, 0.3) is 0 Å². The molecule has 1 aliphatic carbocycles. The minimum absolute atomic E-state index is 0.231. The molecule has 0 radical (unpaired) electrons. The molecule has 3 atom stereocenters. The fourth-order valence-corrected chi connectivity index (χ4v) is 7.00. The van der Waals surface area contributed by atoms with E-state index in [0.717, 1.165) is 34.1 Å². The molecule has 6 rings (SSSR count). The Hall–Kier alpha value is -3.09. The van der Waals surface area contributed by atoms with Crippen LogP contribution >= 0.6 is 11.3 Å². The molecule has 33 heavy (non-hydrogen) atoms. The van der Waals surface area contributed by atoms with Crippen molar-refractivity contribution in [2.24, 2.45) is 10.8 Å². The Morgan fingerprint density at radius 3 is 2.67 bits per heavy atom. The smallest absolute Gasteiger partial charge is 0.192 e. The zero-order valence-electron chi connectivity index (χ0n) is 19.1. The molecule has 4 heterocycles. The zero-order valence-corrected chi connectivity index (χ0v) is 20.0. The van der Waals surface area contributed by atoms with E-state index in [9.17, 15) is 5.26 Å². The molecule has 4 aromatic rings. The van der Waals surface area contributed by atoms with E-state index in [4.69, 9.17) is 14.4 Å². The van der Waals surface area contributed by atoms with Crippen LogP contribution in [0.3, 0.4) is 0 Å². The van der Waals surface area contributed by atoms with Crippen molar-refractivity contribution >= 4 is 37.9 Å². The van der Waals surface area contributed by atoms with E-state index >= 15 is 0 Å². The van der Waals surface area contributed by atoms with Gasteiger partial charge in [-0.05, 0) is 25.0 Å². The van der Waals surface area contributed by atoms with Gasteiger partial charge in [-0.2, -0.15) is 5.26 Å². The van der Waals surface area contributed by atoms with Crippen molar-refractivity contribution in [3.05, 3.63) is 29.8 Å². The number of fused-ring (bicyclic) bond motifs is 4. The highest BCUT2D eigenvalue weighted by Crippen LogP contribution is 2.54. The molecule has 1 aromatic carbocycles. The van der Waals surface area contributed by atoms with Crippen molar-refractivity contribution < 1.29 is 4.42 Å². The van der Waals surface area contributed by atoms with Gasteiger partial charge in [0.2, 0.25) is 0 Å². The first kappa shape index (κ1) is 20.5. The number of hydrogen-bond donors (Lipinski definition) is 1. The molecule has 1 saturated carbocycles. The molecule has 168 valence electrons. The van der Waals surface area contributed by atoms with Gasteiger partial charge in [-0.15, -0.1) is 0 Å². The van der Waals surface area contributed by atoms with Gasteiger partial charge in [0.05, 0.1) is 11.8 Å². The van der Waals surface area contributed by atoms with Crippen LogP contribution in [-0.2, 0) is 0 Å². The lowest BCUT2D eigenvalue weighted by Crippen LogP contribution is -2.60. The van der Waals surface area contributed by atoms with Crippen LogP contribution in [0.15, 0.2) is 22.7 Å². The Kier molecular flexibility index (Phi) is 4.32. The van der Waals surface area contributed by atoms with Gasteiger partial charge in [-0.3, -0.25) is 0 Å². The van der Waals surface area contributed by atoms with E-state index in [1.165, 1.54) is 12.8 Å². The summed E-state index contributed by atoms with van der Waals surface area (Å²) in [5, 5.41) is 14.2. The molecule has 2 bridgehead atoms. The molecule has 1 aliphatic heterocycles. The van der Waals surface area contributed by atoms with Crippen LogP contribution in [-0.4, -0.2) is 46.1 Å². The van der Waals surface area contributed by atoms with Crippen LogP contribution in [0.2, 0.25) is 0 Å². The first-order chi connectivity index (χ1) is 15.8. The number of nitrogens with zero attached hydrogens (tertiary/aromatic N) is 6. The predicted molar refractivity (Wildman–Crippen MR) is 128 cm³/mol. The molecule has 2 aliphatic rings. The third-order valence-corrected chi connectivity index (χ3v) is 8.51. The number of hydrogen-bond acceptors (Lipinski definition) is 9. The topological polar surface area (TPSA) is 104 Å². The lowest BCUT2D eigenvalue weighted by Gasteiger charge is -2.49. The van der Waals surface area contributed by atoms with Crippen LogP contribution in [0.1, 0.15) is 38.1 Å². The average Bonchev–Trinajstić information content (AvgIpc) is 3.42. The lowest BCUT2D eigenvalue weighted by atomic mass is 9.72. The first-order valence-corrected chi connectivity index (χ1v) is 12.0. The Bertz CT molecular complexity index is 1430. The standard InChI is InChI=1S/C24H25N7OS/c1-13-28-18-15(9-25)7-14(8-17(18)32-13)19-27-10-16-20(30-19)33-22(29-16)31(4)21-23(2)5-6-24(21,3)12-26-11-23/h7-8,10,21,26H,5-6,11-12H2,1-4H3/t21-,23+,24?/m1/s1. The fraction of sp³-hybridized carbons (Fsp3) is 0.458. The maximum absolute atomic E-state index is 9.58. The maximum Gasteiger partial charge on any atom is 0.192 e. The van der Waals surface area contributed by atoms with Gasteiger partial charge in [-0.25, -0.2) is 19.9 Å². The Morgan fingerprint density at radius 2 is 1.94 bits per heavy atom. The summed E-state index contributed by atoms with van der Waals surface area (Å²) < 4.78 is 5.67. The van der Waals surface area contributed by atoms with Crippen molar-refractivity contribution in [2.45, 2.75) is 39.7 Å². The maximum atomic E-state index is 9.58. The predicted octanol–water partition coefficient (Wildman–Crippen LogP) is 4.29. The summed E-state index contributed by atoms with van der Waals surface area (Å²) in [7, 11) is 2.17. The number of aromatic nitrogens is 4. The number of piperidine rings is 1. The van der Waals surface area contributed by atoms with Gasteiger partial charge in [-0.1, -0.05) is 25.2 Å². The largest absolute Gasteiger partial charge is 0.441 e. The molecule has 1 unspecified atom stereocenters. The number of benzene rings is 1. The van der Waals surface area contributed by atoms with E-state index in [-0.39, 0.29) is 10.8 Å². The van der Waals surface area contributed by atoms with Crippen LogP contribution < -0.4 is 10.2 Å². The minimum atomic E-state index is 0.231. The summed E-state index contributed by atoms with van der Waals surface area (Å²) in [6.45, 7) is 8.64. The highest BCUT2D eigenvalue weighted by molar-refractivity contribution is 7.21. The lowest BCUT2D eigenvalue weighted by molar-refractivity contribution is 0.143. The van der Waals surface area contributed by atoms with Crippen molar-refractivity contribution in [2.75, 3.05) is 25.0 Å². The summed E-state index contributed by atoms with van der Waals surface area (Å²) in [5.41, 5.74) is 3.58. The Labute approximate surface area is 195 Å². The van der Waals surface area contributed by atoms with Gasteiger partial charge in [0.1, 0.15) is 21.9 Å². The third-order valence-electron chi connectivity index (χ3n) is 7.45. The number of nitrogens with one attached hydrogen (secondary N) is 1. The van der Waals surface area contributed by atoms with Gasteiger partial charge >= 0.3 is 0 Å². The van der Waals surface area contributed by atoms with Gasteiger partial charge in [0.15, 0.2) is 22.4 Å². The van der Waals surface area contributed by atoms with Crippen LogP contribution in [0, 0.1) is 29.1 Å².